The average molecular weight is 371 g/mol. The number of hydrogen-bond donors (Lipinski definition) is 1. The Labute approximate surface area is 157 Å². The molecule has 7 heteroatoms. The van der Waals surface area contributed by atoms with Crippen LogP contribution in [0.1, 0.15) is 12.5 Å². The monoisotopic (exact) mass is 371 g/mol. The molecule has 0 aromatic heterocycles. The molecule has 0 saturated carbocycles. The molecule has 1 aliphatic rings. The van der Waals surface area contributed by atoms with E-state index in [0.29, 0.717) is 36.1 Å². The first-order chi connectivity index (χ1) is 13.0. The van der Waals surface area contributed by atoms with Gasteiger partial charge in [-0.1, -0.05) is 12.1 Å². The van der Waals surface area contributed by atoms with E-state index in [1.807, 2.05) is 0 Å². The van der Waals surface area contributed by atoms with Crippen molar-refractivity contribution in [3.8, 4) is 17.2 Å². The number of amides is 1. The number of benzene rings is 2. The van der Waals surface area contributed by atoms with Crippen LogP contribution in [0.2, 0.25) is 0 Å². The van der Waals surface area contributed by atoms with E-state index in [2.05, 4.69) is 5.32 Å². The van der Waals surface area contributed by atoms with Crippen LogP contribution in [-0.2, 0) is 20.7 Å². The lowest BCUT2D eigenvalue weighted by Crippen LogP contribution is -2.30. The van der Waals surface area contributed by atoms with Gasteiger partial charge in [0.15, 0.2) is 17.6 Å². The minimum Gasteiger partial charge on any atom is -0.497 e. The molecule has 0 saturated heterocycles. The van der Waals surface area contributed by atoms with Crippen LogP contribution in [0.4, 0.5) is 5.69 Å². The SMILES string of the molecule is COc1ccc(CC(=O)O[C@@H](C)C(=O)Nc2ccc3c(c2)OCCO3)cc1. The zero-order valence-corrected chi connectivity index (χ0v) is 15.2. The summed E-state index contributed by atoms with van der Waals surface area (Å²) < 4.78 is 21.2. The van der Waals surface area contributed by atoms with Gasteiger partial charge in [-0.3, -0.25) is 9.59 Å². The molecular formula is C20H21NO6. The molecule has 2 aromatic carbocycles. The van der Waals surface area contributed by atoms with Crippen molar-refractivity contribution in [2.45, 2.75) is 19.4 Å². The summed E-state index contributed by atoms with van der Waals surface area (Å²) in [4.78, 5) is 24.3. The summed E-state index contributed by atoms with van der Waals surface area (Å²) in [5, 5.41) is 2.71. The van der Waals surface area contributed by atoms with Crippen molar-refractivity contribution >= 4 is 17.6 Å². The molecule has 0 radical (unpaired) electrons. The summed E-state index contributed by atoms with van der Waals surface area (Å²) in [5.74, 6) is 1.01. The fourth-order valence-corrected chi connectivity index (χ4v) is 2.57. The highest BCUT2D eigenvalue weighted by atomic mass is 16.6. The van der Waals surface area contributed by atoms with Gasteiger partial charge in [-0.25, -0.2) is 0 Å². The summed E-state index contributed by atoms with van der Waals surface area (Å²) in [6, 6.07) is 12.2. The van der Waals surface area contributed by atoms with E-state index < -0.39 is 18.0 Å². The molecule has 7 nitrogen and oxygen atoms in total. The Hall–Kier alpha value is -3.22. The van der Waals surface area contributed by atoms with Crippen molar-refractivity contribution < 1.29 is 28.5 Å². The number of esters is 1. The molecule has 3 rings (SSSR count). The molecule has 0 bridgehead atoms. The van der Waals surface area contributed by atoms with E-state index in [4.69, 9.17) is 18.9 Å². The van der Waals surface area contributed by atoms with Gasteiger partial charge in [0.2, 0.25) is 0 Å². The minimum absolute atomic E-state index is 0.0750. The number of methoxy groups -OCH3 is 1. The summed E-state index contributed by atoms with van der Waals surface area (Å²) in [5.41, 5.74) is 1.32. The van der Waals surface area contributed by atoms with Crippen molar-refractivity contribution in [2.24, 2.45) is 0 Å². The Balaban J connectivity index is 1.53. The molecular weight excluding hydrogens is 350 g/mol. The Morgan fingerprint density at radius 3 is 2.48 bits per heavy atom. The fraction of sp³-hybridized carbons (Fsp3) is 0.300. The van der Waals surface area contributed by atoms with Crippen LogP contribution in [0.25, 0.3) is 0 Å². The summed E-state index contributed by atoms with van der Waals surface area (Å²) in [6.45, 7) is 2.49. The highest BCUT2D eigenvalue weighted by Gasteiger charge is 2.19. The number of carbonyl (C=O) groups is 2. The fourth-order valence-electron chi connectivity index (χ4n) is 2.57. The van der Waals surface area contributed by atoms with E-state index in [9.17, 15) is 9.59 Å². The van der Waals surface area contributed by atoms with Crippen molar-refractivity contribution in [2.75, 3.05) is 25.6 Å². The molecule has 0 spiro atoms. The normalized spacial score (nSPS) is 13.4. The first-order valence-electron chi connectivity index (χ1n) is 8.58. The number of carbonyl (C=O) groups excluding carboxylic acids is 2. The first-order valence-corrected chi connectivity index (χ1v) is 8.58. The molecule has 142 valence electrons. The number of anilines is 1. The Morgan fingerprint density at radius 2 is 1.78 bits per heavy atom. The molecule has 1 atom stereocenters. The van der Waals surface area contributed by atoms with Crippen LogP contribution in [0.15, 0.2) is 42.5 Å². The van der Waals surface area contributed by atoms with Crippen molar-refractivity contribution in [3.63, 3.8) is 0 Å². The van der Waals surface area contributed by atoms with Crippen LogP contribution in [0.3, 0.4) is 0 Å². The smallest absolute Gasteiger partial charge is 0.311 e. The third-order valence-electron chi connectivity index (χ3n) is 3.99. The quantitative estimate of drug-likeness (QED) is 0.786. The molecule has 27 heavy (non-hydrogen) atoms. The summed E-state index contributed by atoms with van der Waals surface area (Å²) >= 11 is 0. The van der Waals surface area contributed by atoms with Crippen LogP contribution in [0.5, 0.6) is 17.2 Å². The van der Waals surface area contributed by atoms with Gasteiger partial charge in [0.25, 0.3) is 5.91 Å². The van der Waals surface area contributed by atoms with E-state index in [1.165, 1.54) is 6.92 Å². The second kappa shape index (κ2) is 8.44. The minimum atomic E-state index is -0.927. The maximum atomic E-state index is 12.3. The maximum absolute atomic E-state index is 12.3. The van der Waals surface area contributed by atoms with Gasteiger partial charge >= 0.3 is 5.97 Å². The number of rotatable bonds is 6. The van der Waals surface area contributed by atoms with Crippen molar-refractivity contribution in [1.29, 1.82) is 0 Å². The molecule has 0 fully saturated rings. The number of ether oxygens (including phenoxy) is 4. The van der Waals surface area contributed by atoms with Crippen LogP contribution in [-0.4, -0.2) is 38.3 Å². The zero-order valence-electron chi connectivity index (χ0n) is 15.2. The molecule has 1 N–H and O–H groups in total. The van der Waals surface area contributed by atoms with Gasteiger partial charge in [-0.15, -0.1) is 0 Å². The van der Waals surface area contributed by atoms with Gasteiger partial charge in [-0.2, -0.15) is 0 Å². The van der Waals surface area contributed by atoms with Gasteiger partial charge in [-0.05, 0) is 36.8 Å². The molecule has 0 aliphatic carbocycles. The third kappa shape index (κ3) is 4.91. The lowest BCUT2D eigenvalue weighted by atomic mass is 10.1. The van der Waals surface area contributed by atoms with Gasteiger partial charge in [0, 0.05) is 11.8 Å². The van der Waals surface area contributed by atoms with Gasteiger partial charge in [0.05, 0.1) is 13.5 Å². The predicted molar refractivity (Wildman–Crippen MR) is 98.3 cm³/mol. The third-order valence-corrected chi connectivity index (χ3v) is 3.99. The molecule has 1 aliphatic heterocycles. The maximum Gasteiger partial charge on any atom is 0.311 e. The largest absolute Gasteiger partial charge is 0.497 e. The highest BCUT2D eigenvalue weighted by Crippen LogP contribution is 2.32. The second-order valence-electron chi connectivity index (χ2n) is 6.00. The summed E-state index contributed by atoms with van der Waals surface area (Å²) in [7, 11) is 1.57. The van der Waals surface area contributed by atoms with Crippen molar-refractivity contribution in [3.05, 3.63) is 48.0 Å². The average Bonchev–Trinajstić information content (AvgIpc) is 2.68. The van der Waals surface area contributed by atoms with E-state index >= 15 is 0 Å². The second-order valence-corrected chi connectivity index (χ2v) is 6.00. The van der Waals surface area contributed by atoms with E-state index in [1.54, 1.807) is 49.6 Å². The molecule has 0 unspecified atom stereocenters. The topological polar surface area (TPSA) is 83.1 Å². The molecule has 1 amide bonds. The predicted octanol–water partition coefficient (Wildman–Crippen LogP) is 2.58. The summed E-state index contributed by atoms with van der Waals surface area (Å²) in [6.07, 6.45) is -0.852. The number of hydrogen-bond acceptors (Lipinski definition) is 6. The Morgan fingerprint density at radius 1 is 1.07 bits per heavy atom. The standard InChI is InChI=1S/C20H21NO6/c1-13(27-19(22)11-14-3-6-16(24-2)7-4-14)20(23)21-15-5-8-17-18(12-15)26-10-9-25-17/h3-8,12-13H,9-11H2,1-2H3,(H,21,23)/t13-/m0/s1. The highest BCUT2D eigenvalue weighted by molar-refractivity contribution is 5.95. The van der Waals surface area contributed by atoms with Gasteiger partial charge in [0.1, 0.15) is 19.0 Å². The molecule has 1 heterocycles. The van der Waals surface area contributed by atoms with Crippen LogP contribution < -0.4 is 19.5 Å². The van der Waals surface area contributed by atoms with E-state index in [-0.39, 0.29) is 6.42 Å². The Kier molecular flexibility index (Phi) is 5.80. The number of nitrogens with one attached hydrogen (secondary N) is 1. The van der Waals surface area contributed by atoms with E-state index in [0.717, 1.165) is 5.56 Å². The van der Waals surface area contributed by atoms with Crippen molar-refractivity contribution in [1.82, 2.24) is 0 Å². The lowest BCUT2D eigenvalue weighted by Gasteiger charge is -2.19. The van der Waals surface area contributed by atoms with Gasteiger partial charge < -0.3 is 24.3 Å². The Bertz CT molecular complexity index is 818. The van der Waals surface area contributed by atoms with Crippen LogP contribution in [0, 0.1) is 0 Å². The lowest BCUT2D eigenvalue weighted by molar-refractivity contribution is -0.152. The zero-order chi connectivity index (χ0) is 19.2. The number of fused-ring (bicyclic) bond motifs is 1. The molecule has 2 aromatic rings. The van der Waals surface area contributed by atoms with Crippen LogP contribution >= 0.6 is 0 Å². The first kappa shape index (κ1) is 18.6.